The zero-order chi connectivity index (χ0) is 9.84. The Morgan fingerprint density at radius 1 is 1.00 bits per heavy atom. The van der Waals surface area contributed by atoms with Crippen LogP contribution in [0.1, 0.15) is 12.8 Å². The van der Waals surface area contributed by atoms with Gasteiger partial charge < -0.3 is 14.9 Å². The van der Waals surface area contributed by atoms with E-state index in [1.165, 1.54) is 0 Å². The first-order valence-corrected chi connectivity index (χ1v) is 4.16. The molecule has 1 rings (SSSR count). The van der Waals surface area contributed by atoms with Gasteiger partial charge in [-0.1, -0.05) is 0 Å². The van der Waals surface area contributed by atoms with Gasteiger partial charge in [-0.15, -0.1) is 0 Å². The van der Waals surface area contributed by atoms with Gasteiger partial charge in [-0.3, -0.25) is 9.59 Å². The zero-order valence-electron chi connectivity index (χ0n) is 7.10. The van der Waals surface area contributed by atoms with Gasteiger partial charge in [-0.25, -0.2) is 0 Å². The average molecular weight is 188 g/mol. The van der Waals surface area contributed by atoms with Crippen molar-refractivity contribution >= 4 is 11.9 Å². The lowest BCUT2D eigenvalue weighted by atomic mass is 9.88. The van der Waals surface area contributed by atoms with Gasteiger partial charge in [0.1, 0.15) is 0 Å². The monoisotopic (exact) mass is 188 g/mol. The van der Waals surface area contributed by atoms with E-state index >= 15 is 0 Å². The van der Waals surface area contributed by atoms with Gasteiger partial charge in [0.05, 0.1) is 11.8 Å². The minimum Gasteiger partial charge on any atom is -0.481 e. The van der Waals surface area contributed by atoms with Gasteiger partial charge >= 0.3 is 11.9 Å². The Morgan fingerprint density at radius 3 is 1.69 bits per heavy atom. The average Bonchev–Trinajstić information content (AvgIpc) is 2.27. The van der Waals surface area contributed by atoms with Crippen molar-refractivity contribution in [3.8, 4) is 0 Å². The molecule has 1 aliphatic rings. The Kier molecular flexibility index (Phi) is 3.25. The Balaban J connectivity index is 2.72. The van der Waals surface area contributed by atoms with Crippen LogP contribution in [0.15, 0.2) is 0 Å². The molecular formula is C8H12O5. The van der Waals surface area contributed by atoms with E-state index in [1.54, 1.807) is 0 Å². The highest BCUT2D eigenvalue weighted by atomic mass is 16.5. The van der Waals surface area contributed by atoms with Crippen LogP contribution in [0.4, 0.5) is 0 Å². The summed E-state index contributed by atoms with van der Waals surface area (Å²) in [4.78, 5) is 21.4. The molecule has 74 valence electrons. The first kappa shape index (κ1) is 9.98. The molecule has 0 aromatic heterocycles. The molecular weight excluding hydrogens is 176 g/mol. The summed E-state index contributed by atoms with van der Waals surface area (Å²) in [5.41, 5.74) is 0. The molecule has 5 nitrogen and oxygen atoms in total. The Morgan fingerprint density at radius 2 is 1.38 bits per heavy atom. The lowest BCUT2D eigenvalue weighted by Crippen LogP contribution is -2.29. The summed E-state index contributed by atoms with van der Waals surface area (Å²) in [6.45, 7) is 0.668. The summed E-state index contributed by atoms with van der Waals surface area (Å²) < 4.78 is 5.03. The van der Waals surface area contributed by atoms with Gasteiger partial charge in [0, 0.05) is 13.2 Å². The first-order valence-electron chi connectivity index (χ1n) is 4.16. The van der Waals surface area contributed by atoms with Crippen LogP contribution >= 0.6 is 0 Å². The number of carboxylic acid groups (broad SMARTS) is 2. The van der Waals surface area contributed by atoms with Gasteiger partial charge in [0.2, 0.25) is 0 Å². The van der Waals surface area contributed by atoms with Crippen LogP contribution in [0, 0.1) is 11.8 Å². The van der Waals surface area contributed by atoms with Crippen molar-refractivity contribution in [3.05, 3.63) is 0 Å². The smallest absolute Gasteiger partial charge is 0.307 e. The third kappa shape index (κ3) is 2.42. The molecule has 0 aromatic rings. The number of ether oxygens (including phenoxy) is 1. The van der Waals surface area contributed by atoms with E-state index in [4.69, 9.17) is 14.9 Å². The predicted molar refractivity (Wildman–Crippen MR) is 42.3 cm³/mol. The fourth-order valence-electron chi connectivity index (χ4n) is 1.52. The third-order valence-corrected chi connectivity index (χ3v) is 2.27. The summed E-state index contributed by atoms with van der Waals surface area (Å²) in [7, 11) is 0. The van der Waals surface area contributed by atoms with Crippen molar-refractivity contribution in [2.75, 3.05) is 13.2 Å². The standard InChI is InChI=1S/C8H12O5/c9-7(10)5-1-3-13-4-2-6(5)8(11)12/h5-6H,1-4H2,(H,9,10)(H,11,12). The van der Waals surface area contributed by atoms with Gasteiger partial charge in [-0.2, -0.15) is 0 Å². The van der Waals surface area contributed by atoms with Crippen LogP contribution in [0.3, 0.4) is 0 Å². The molecule has 1 aliphatic heterocycles. The van der Waals surface area contributed by atoms with Crippen molar-refractivity contribution in [2.45, 2.75) is 12.8 Å². The van der Waals surface area contributed by atoms with E-state index in [9.17, 15) is 9.59 Å². The molecule has 0 aliphatic carbocycles. The van der Waals surface area contributed by atoms with E-state index in [0.717, 1.165) is 0 Å². The SMILES string of the molecule is O=C(O)C1CCOCCC1C(=O)O. The summed E-state index contributed by atoms with van der Waals surface area (Å²) in [5, 5.41) is 17.5. The molecule has 1 heterocycles. The fraction of sp³-hybridized carbons (Fsp3) is 0.750. The molecule has 0 saturated carbocycles. The molecule has 0 bridgehead atoms. The van der Waals surface area contributed by atoms with Gasteiger partial charge in [0.25, 0.3) is 0 Å². The number of carboxylic acids is 2. The first-order chi connectivity index (χ1) is 6.13. The van der Waals surface area contributed by atoms with E-state index in [2.05, 4.69) is 0 Å². The maximum atomic E-state index is 10.7. The summed E-state index contributed by atoms with van der Waals surface area (Å²) >= 11 is 0. The topological polar surface area (TPSA) is 83.8 Å². The van der Waals surface area contributed by atoms with E-state index in [1.807, 2.05) is 0 Å². The van der Waals surface area contributed by atoms with E-state index in [-0.39, 0.29) is 12.8 Å². The molecule has 2 N–H and O–H groups in total. The number of aliphatic carboxylic acids is 2. The molecule has 0 aromatic carbocycles. The van der Waals surface area contributed by atoms with Crippen LogP contribution in [-0.2, 0) is 14.3 Å². The summed E-state index contributed by atoms with van der Waals surface area (Å²) in [6, 6.07) is 0. The molecule has 1 saturated heterocycles. The summed E-state index contributed by atoms with van der Waals surface area (Å²) in [5.74, 6) is -3.70. The van der Waals surface area contributed by atoms with Crippen LogP contribution in [-0.4, -0.2) is 35.4 Å². The van der Waals surface area contributed by atoms with E-state index < -0.39 is 23.8 Å². The quantitative estimate of drug-likeness (QED) is 0.646. The van der Waals surface area contributed by atoms with Gasteiger partial charge in [0.15, 0.2) is 0 Å². The van der Waals surface area contributed by atoms with E-state index in [0.29, 0.717) is 13.2 Å². The largest absolute Gasteiger partial charge is 0.481 e. The molecule has 0 spiro atoms. The highest BCUT2D eigenvalue weighted by Crippen LogP contribution is 2.23. The maximum absolute atomic E-state index is 10.7. The Bertz CT molecular complexity index is 191. The van der Waals surface area contributed by atoms with Gasteiger partial charge in [-0.05, 0) is 12.8 Å². The molecule has 1 fully saturated rings. The molecule has 0 amide bonds. The second kappa shape index (κ2) is 4.23. The third-order valence-electron chi connectivity index (χ3n) is 2.27. The molecule has 2 atom stereocenters. The van der Waals surface area contributed by atoms with Crippen molar-refractivity contribution in [1.29, 1.82) is 0 Å². The molecule has 5 heteroatoms. The Hall–Kier alpha value is -1.10. The normalized spacial score (nSPS) is 29.2. The van der Waals surface area contributed by atoms with Crippen LogP contribution < -0.4 is 0 Å². The highest BCUT2D eigenvalue weighted by Gasteiger charge is 2.34. The minimum absolute atomic E-state index is 0.284. The molecule has 0 radical (unpaired) electrons. The van der Waals surface area contributed by atoms with Crippen molar-refractivity contribution in [3.63, 3.8) is 0 Å². The summed E-state index contributed by atoms with van der Waals surface area (Å²) in [6.07, 6.45) is 0.568. The second-order valence-electron chi connectivity index (χ2n) is 3.08. The number of rotatable bonds is 2. The minimum atomic E-state index is -1.04. The number of carbonyl (C=O) groups is 2. The van der Waals surface area contributed by atoms with Crippen molar-refractivity contribution in [2.24, 2.45) is 11.8 Å². The zero-order valence-corrected chi connectivity index (χ0v) is 7.10. The fourth-order valence-corrected chi connectivity index (χ4v) is 1.52. The second-order valence-corrected chi connectivity index (χ2v) is 3.08. The van der Waals surface area contributed by atoms with Crippen LogP contribution in [0.5, 0.6) is 0 Å². The van der Waals surface area contributed by atoms with Crippen LogP contribution in [0.2, 0.25) is 0 Å². The van der Waals surface area contributed by atoms with Crippen molar-refractivity contribution < 1.29 is 24.5 Å². The number of hydrogen-bond donors (Lipinski definition) is 2. The Labute approximate surface area is 75.3 Å². The highest BCUT2D eigenvalue weighted by molar-refractivity contribution is 5.80. The molecule has 13 heavy (non-hydrogen) atoms. The van der Waals surface area contributed by atoms with Crippen LogP contribution in [0.25, 0.3) is 0 Å². The molecule has 2 unspecified atom stereocenters. The predicted octanol–water partition coefficient (Wildman–Crippen LogP) is 0.198. The van der Waals surface area contributed by atoms with Crippen molar-refractivity contribution in [1.82, 2.24) is 0 Å². The maximum Gasteiger partial charge on any atom is 0.307 e. The lowest BCUT2D eigenvalue weighted by molar-refractivity contribution is -0.153. The number of hydrogen-bond acceptors (Lipinski definition) is 3. The lowest BCUT2D eigenvalue weighted by Gasteiger charge is -2.15.